The van der Waals surface area contributed by atoms with E-state index in [2.05, 4.69) is 42.0 Å². The van der Waals surface area contributed by atoms with E-state index < -0.39 is 0 Å². The fourth-order valence-corrected chi connectivity index (χ4v) is 3.91. The Kier molecular flexibility index (Phi) is 5.01. The Balaban J connectivity index is 2.00. The summed E-state index contributed by atoms with van der Waals surface area (Å²) in [6, 6.07) is 3.23. The van der Waals surface area contributed by atoms with Crippen LogP contribution in [0.25, 0.3) is 0 Å². The Morgan fingerprint density at radius 2 is 1.80 bits per heavy atom. The SMILES string of the molecule is CC(C)(C)C1CCC(Nc2c(Cl)cc(F)cc2Br)CC1. The molecule has 0 saturated heterocycles. The van der Waals surface area contributed by atoms with E-state index in [4.69, 9.17) is 11.6 Å². The van der Waals surface area contributed by atoms with Gasteiger partial charge in [-0.1, -0.05) is 32.4 Å². The van der Waals surface area contributed by atoms with Crippen LogP contribution in [0.3, 0.4) is 0 Å². The highest BCUT2D eigenvalue weighted by Crippen LogP contribution is 2.40. The molecule has 2 rings (SSSR count). The molecule has 0 aromatic heterocycles. The molecular formula is C16H22BrClFN. The normalized spacial score (nSPS) is 23.7. The van der Waals surface area contributed by atoms with E-state index in [9.17, 15) is 4.39 Å². The second-order valence-electron chi connectivity index (χ2n) is 6.80. The summed E-state index contributed by atoms with van der Waals surface area (Å²) in [6.07, 6.45) is 4.75. The van der Waals surface area contributed by atoms with Crippen LogP contribution in [0.1, 0.15) is 46.5 Å². The lowest BCUT2D eigenvalue weighted by Gasteiger charge is -2.37. The Labute approximate surface area is 134 Å². The fraction of sp³-hybridized carbons (Fsp3) is 0.625. The first-order valence-corrected chi connectivity index (χ1v) is 8.35. The molecular weight excluding hydrogens is 341 g/mol. The summed E-state index contributed by atoms with van der Waals surface area (Å²) in [5, 5.41) is 3.91. The first-order valence-electron chi connectivity index (χ1n) is 7.18. The summed E-state index contributed by atoms with van der Waals surface area (Å²) < 4.78 is 13.9. The highest BCUT2D eigenvalue weighted by molar-refractivity contribution is 9.10. The molecule has 20 heavy (non-hydrogen) atoms. The van der Waals surface area contributed by atoms with Gasteiger partial charge in [0.05, 0.1) is 10.7 Å². The van der Waals surface area contributed by atoms with Crippen LogP contribution in [0, 0.1) is 17.2 Å². The predicted molar refractivity (Wildman–Crippen MR) is 87.9 cm³/mol. The van der Waals surface area contributed by atoms with E-state index in [1.807, 2.05) is 0 Å². The molecule has 1 aromatic carbocycles. The van der Waals surface area contributed by atoms with E-state index in [1.54, 1.807) is 0 Å². The van der Waals surface area contributed by atoms with Gasteiger partial charge in [-0.25, -0.2) is 4.39 Å². The summed E-state index contributed by atoms with van der Waals surface area (Å²) >= 11 is 9.50. The third-order valence-corrected chi connectivity index (χ3v) is 5.23. The number of rotatable bonds is 2. The Bertz CT molecular complexity index is 453. The van der Waals surface area contributed by atoms with E-state index in [0.29, 0.717) is 21.0 Å². The summed E-state index contributed by atoms with van der Waals surface area (Å²) in [6.45, 7) is 6.95. The molecule has 0 atom stereocenters. The lowest BCUT2D eigenvalue weighted by atomic mass is 9.71. The fourth-order valence-electron chi connectivity index (χ4n) is 2.99. The lowest BCUT2D eigenvalue weighted by molar-refractivity contribution is 0.173. The molecule has 0 heterocycles. The maximum atomic E-state index is 13.2. The molecule has 1 aliphatic rings. The van der Waals surface area contributed by atoms with Crippen LogP contribution >= 0.6 is 27.5 Å². The lowest BCUT2D eigenvalue weighted by Crippen LogP contribution is -2.31. The van der Waals surface area contributed by atoms with Crippen molar-refractivity contribution in [1.29, 1.82) is 0 Å². The van der Waals surface area contributed by atoms with Crippen molar-refractivity contribution in [3.05, 3.63) is 27.4 Å². The maximum Gasteiger partial charge on any atom is 0.125 e. The van der Waals surface area contributed by atoms with Gasteiger partial charge in [-0.3, -0.25) is 0 Å². The molecule has 4 heteroatoms. The third-order valence-electron chi connectivity index (χ3n) is 4.31. The van der Waals surface area contributed by atoms with Crippen LogP contribution in [-0.4, -0.2) is 6.04 Å². The standard InChI is InChI=1S/C16H22BrClFN/c1-16(2,3)10-4-6-12(7-5-10)20-15-13(17)8-11(19)9-14(15)18/h8-10,12,20H,4-7H2,1-3H3. The molecule has 0 radical (unpaired) electrons. The van der Waals surface area contributed by atoms with Crippen LogP contribution in [0.15, 0.2) is 16.6 Å². The maximum absolute atomic E-state index is 13.2. The van der Waals surface area contributed by atoms with Crippen LogP contribution in [-0.2, 0) is 0 Å². The van der Waals surface area contributed by atoms with Crippen molar-refractivity contribution in [3.63, 3.8) is 0 Å². The third kappa shape index (κ3) is 3.88. The van der Waals surface area contributed by atoms with Gasteiger partial charge in [-0.2, -0.15) is 0 Å². The van der Waals surface area contributed by atoms with Gasteiger partial charge in [-0.05, 0) is 65.1 Å². The molecule has 1 aliphatic carbocycles. The summed E-state index contributed by atoms with van der Waals surface area (Å²) in [5.41, 5.74) is 1.20. The Hall–Kier alpha value is -0.280. The van der Waals surface area contributed by atoms with Gasteiger partial charge in [0.25, 0.3) is 0 Å². The molecule has 1 fully saturated rings. The highest BCUT2D eigenvalue weighted by atomic mass is 79.9. The first kappa shape index (κ1) is 16.1. The van der Waals surface area contributed by atoms with Crippen LogP contribution < -0.4 is 5.32 Å². The molecule has 0 spiro atoms. The van der Waals surface area contributed by atoms with Crippen LogP contribution in [0.4, 0.5) is 10.1 Å². The largest absolute Gasteiger partial charge is 0.380 e. The number of hydrogen-bond acceptors (Lipinski definition) is 1. The van der Waals surface area contributed by atoms with Crippen molar-refractivity contribution < 1.29 is 4.39 Å². The molecule has 0 amide bonds. The minimum absolute atomic E-state index is 0.316. The number of halogens is 3. The molecule has 0 bridgehead atoms. The predicted octanol–water partition coefficient (Wildman–Crippen LogP) is 6.26. The molecule has 1 nitrogen and oxygen atoms in total. The van der Waals surface area contributed by atoms with E-state index in [-0.39, 0.29) is 5.82 Å². The van der Waals surface area contributed by atoms with Gasteiger partial charge in [0.1, 0.15) is 5.82 Å². The van der Waals surface area contributed by atoms with Crippen molar-refractivity contribution in [3.8, 4) is 0 Å². The van der Waals surface area contributed by atoms with Crippen LogP contribution in [0.2, 0.25) is 5.02 Å². The first-order chi connectivity index (χ1) is 9.27. The van der Waals surface area contributed by atoms with E-state index >= 15 is 0 Å². The Morgan fingerprint density at radius 1 is 1.20 bits per heavy atom. The average molecular weight is 363 g/mol. The van der Waals surface area contributed by atoms with Crippen molar-refractivity contribution >= 4 is 33.2 Å². The zero-order valence-corrected chi connectivity index (χ0v) is 14.6. The molecule has 0 aliphatic heterocycles. The number of anilines is 1. The van der Waals surface area contributed by atoms with Gasteiger partial charge < -0.3 is 5.32 Å². The van der Waals surface area contributed by atoms with Gasteiger partial charge in [0.2, 0.25) is 0 Å². The smallest absolute Gasteiger partial charge is 0.125 e. The molecule has 1 saturated carbocycles. The van der Waals surface area contributed by atoms with E-state index in [0.717, 1.165) is 24.4 Å². The van der Waals surface area contributed by atoms with Gasteiger partial charge in [0, 0.05) is 10.5 Å². The van der Waals surface area contributed by atoms with Gasteiger partial charge in [-0.15, -0.1) is 0 Å². The van der Waals surface area contributed by atoms with Crippen molar-refractivity contribution in [1.82, 2.24) is 0 Å². The van der Waals surface area contributed by atoms with Gasteiger partial charge >= 0.3 is 0 Å². The summed E-state index contributed by atoms with van der Waals surface area (Å²) in [7, 11) is 0. The zero-order valence-electron chi connectivity index (χ0n) is 12.3. The van der Waals surface area contributed by atoms with Gasteiger partial charge in [0.15, 0.2) is 0 Å². The molecule has 1 N–H and O–H groups in total. The minimum Gasteiger partial charge on any atom is -0.380 e. The summed E-state index contributed by atoms with van der Waals surface area (Å²) in [5.74, 6) is 0.469. The van der Waals surface area contributed by atoms with Crippen molar-refractivity contribution in [2.24, 2.45) is 11.3 Å². The second kappa shape index (κ2) is 6.23. The second-order valence-corrected chi connectivity index (χ2v) is 8.06. The number of benzene rings is 1. The molecule has 0 unspecified atom stereocenters. The van der Waals surface area contributed by atoms with Crippen molar-refractivity contribution in [2.75, 3.05) is 5.32 Å². The highest BCUT2D eigenvalue weighted by Gasteiger charge is 2.30. The molecule has 112 valence electrons. The summed E-state index contributed by atoms with van der Waals surface area (Å²) in [4.78, 5) is 0. The van der Waals surface area contributed by atoms with E-state index in [1.165, 1.54) is 25.0 Å². The average Bonchev–Trinajstić information content (AvgIpc) is 2.33. The Morgan fingerprint density at radius 3 is 2.30 bits per heavy atom. The quantitative estimate of drug-likeness (QED) is 0.655. The minimum atomic E-state index is -0.316. The molecule has 1 aromatic rings. The number of nitrogens with one attached hydrogen (secondary N) is 1. The number of hydrogen-bond donors (Lipinski definition) is 1. The van der Waals surface area contributed by atoms with Crippen LogP contribution in [0.5, 0.6) is 0 Å². The monoisotopic (exact) mass is 361 g/mol. The zero-order chi connectivity index (χ0) is 14.9. The topological polar surface area (TPSA) is 12.0 Å². The van der Waals surface area contributed by atoms with Crippen molar-refractivity contribution in [2.45, 2.75) is 52.5 Å².